The fourth-order valence-electron chi connectivity index (χ4n) is 1.09. The Kier molecular flexibility index (Phi) is 4.24. The molecule has 0 aromatic heterocycles. The fourth-order valence-corrected chi connectivity index (χ4v) is 3.26. The third-order valence-electron chi connectivity index (χ3n) is 2.12. The maximum Gasteiger partial charge on any atom is 0.0472 e. The molecule has 1 N–H and O–H groups in total. The summed E-state index contributed by atoms with van der Waals surface area (Å²) in [6.45, 7) is 10.0. The Balaban J connectivity index is 4.41. The van der Waals surface area contributed by atoms with Crippen molar-refractivity contribution in [1.29, 1.82) is 4.78 Å². The van der Waals surface area contributed by atoms with Gasteiger partial charge in [-0.1, -0.05) is 27.7 Å². The number of hydrogen-bond acceptors (Lipinski definition) is 2. The highest BCUT2D eigenvalue weighted by molar-refractivity contribution is 7.93. The molecule has 12 heavy (non-hydrogen) atoms. The van der Waals surface area contributed by atoms with Gasteiger partial charge in [-0.15, -0.1) is 0 Å². The van der Waals surface area contributed by atoms with Gasteiger partial charge in [0.05, 0.1) is 0 Å². The number of hydrogen-bond donors (Lipinski definition) is 1. The van der Waals surface area contributed by atoms with Crippen LogP contribution in [0.4, 0.5) is 0 Å². The van der Waals surface area contributed by atoms with E-state index < -0.39 is 9.73 Å². The quantitative estimate of drug-likeness (QED) is 0.729. The standard InChI is InChI=1S/C9H21NOS/c1-7(2)6-12(10,11)9(5)8(3)4/h7-10H,6H2,1-5H3/t9-,12-/m1/s1. The van der Waals surface area contributed by atoms with Crippen LogP contribution < -0.4 is 0 Å². The van der Waals surface area contributed by atoms with E-state index in [0.717, 1.165) is 0 Å². The zero-order valence-electron chi connectivity index (χ0n) is 8.76. The Labute approximate surface area is 76.7 Å². The van der Waals surface area contributed by atoms with Crippen molar-refractivity contribution in [3.8, 4) is 0 Å². The summed E-state index contributed by atoms with van der Waals surface area (Å²) in [5.74, 6) is 1.23. The first kappa shape index (κ1) is 11.9. The molecule has 0 aliphatic rings. The predicted molar refractivity (Wildman–Crippen MR) is 54.9 cm³/mol. The van der Waals surface area contributed by atoms with Crippen molar-refractivity contribution in [2.45, 2.75) is 39.9 Å². The first-order chi connectivity index (χ1) is 5.27. The molecule has 0 aliphatic carbocycles. The fraction of sp³-hybridized carbons (Fsp3) is 1.00. The van der Waals surface area contributed by atoms with Crippen molar-refractivity contribution in [3.63, 3.8) is 0 Å². The Hall–Kier alpha value is -0.0500. The van der Waals surface area contributed by atoms with Gasteiger partial charge in [-0.3, -0.25) is 4.78 Å². The van der Waals surface area contributed by atoms with Crippen molar-refractivity contribution >= 4 is 9.73 Å². The monoisotopic (exact) mass is 191 g/mol. The molecule has 0 aliphatic heterocycles. The van der Waals surface area contributed by atoms with E-state index in [9.17, 15) is 4.21 Å². The SMILES string of the molecule is CC(C)C[S@@](=N)(=O)[C@H](C)C(C)C. The van der Waals surface area contributed by atoms with Gasteiger partial charge in [0, 0.05) is 20.7 Å². The van der Waals surface area contributed by atoms with Gasteiger partial charge < -0.3 is 0 Å². The Morgan fingerprint density at radius 3 is 1.83 bits per heavy atom. The average molecular weight is 191 g/mol. The van der Waals surface area contributed by atoms with Gasteiger partial charge in [0.1, 0.15) is 0 Å². The highest BCUT2D eigenvalue weighted by Crippen LogP contribution is 2.15. The molecule has 74 valence electrons. The van der Waals surface area contributed by atoms with E-state index >= 15 is 0 Å². The molecule has 2 atom stereocenters. The second kappa shape index (κ2) is 4.26. The van der Waals surface area contributed by atoms with Crippen LogP contribution in [0.15, 0.2) is 0 Å². The summed E-state index contributed by atoms with van der Waals surface area (Å²) < 4.78 is 19.5. The topological polar surface area (TPSA) is 40.9 Å². The third-order valence-corrected chi connectivity index (χ3v) is 5.03. The van der Waals surface area contributed by atoms with Crippen molar-refractivity contribution < 1.29 is 4.21 Å². The van der Waals surface area contributed by atoms with Gasteiger partial charge in [-0.2, -0.15) is 0 Å². The smallest absolute Gasteiger partial charge is 0.0472 e. The van der Waals surface area contributed by atoms with E-state index in [0.29, 0.717) is 17.6 Å². The van der Waals surface area contributed by atoms with Crippen LogP contribution in [-0.2, 0) is 9.73 Å². The Morgan fingerprint density at radius 2 is 1.58 bits per heavy atom. The maximum absolute atomic E-state index is 11.8. The molecule has 2 nitrogen and oxygen atoms in total. The summed E-state index contributed by atoms with van der Waals surface area (Å²) in [5.41, 5.74) is 0. The molecule has 3 heteroatoms. The number of nitrogens with one attached hydrogen (secondary N) is 1. The van der Waals surface area contributed by atoms with E-state index in [1.807, 2.05) is 34.6 Å². The molecule has 0 saturated carbocycles. The minimum atomic E-state index is -2.36. The van der Waals surface area contributed by atoms with E-state index in [1.54, 1.807) is 0 Å². The second-order valence-electron chi connectivity index (χ2n) is 4.24. The summed E-state index contributed by atoms with van der Waals surface area (Å²) in [6, 6.07) is 0. The van der Waals surface area contributed by atoms with Crippen LogP contribution in [0.2, 0.25) is 0 Å². The zero-order chi connectivity index (χ0) is 9.94. The van der Waals surface area contributed by atoms with Gasteiger partial charge in [0.25, 0.3) is 0 Å². The molecule has 0 aromatic carbocycles. The summed E-state index contributed by atoms with van der Waals surface area (Å²) in [4.78, 5) is 0. The summed E-state index contributed by atoms with van der Waals surface area (Å²) in [5, 5.41) is 0.0138. The van der Waals surface area contributed by atoms with Crippen LogP contribution in [-0.4, -0.2) is 15.2 Å². The van der Waals surface area contributed by atoms with Crippen LogP contribution in [0.5, 0.6) is 0 Å². The molecule has 0 spiro atoms. The van der Waals surface area contributed by atoms with E-state index in [4.69, 9.17) is 4.78 Å². The van der Waals surface area contributed by atoms with Crippen LogP contribution in [0.3, 0.4) is 0 Å². The Bertz CT molecular complexity index is 217. The van der Waals surface area contributed by atoms with Crippen molar-refractivity contribution in [1.82, 2.24) is 0 Å². The lowest BCUT2D eigenvalue weighted by atomic mass is 10.2. The molecule has 0 fully saturated rings. The Morgan fingerprint density at radius 1 is 1.17 bits per heavy atom. The van der Waals surface area contributed by atoms with Crippen LogP contribution in [0, 0.1) is 16.6 Å². The van der Waals surface area contributed by atoms with Crippen molar-refractivity contribution in [2.24, 2.45) is 11.8 Å². The van der Waals surface area contributed by atoms with Gasteiger partial charge >= 0.3 is 0 Å². The molecule has 0 unspecified atom stereocenters. The van der Waals surface area contributed by atoms with Crippen molar-refractivity contribution in [2.75, 3.05) is 5.75 Å². The van der Waals surface area contributed by atoms with Crippen molar-refractivity contribution in [3.05, 3.63) is 0 Å². The van der Waals surface area contributed by atoms with Crippen LogP contribution >= 0.6 is 0 Å². The minimum Gasteiger partial charge on any atom is -0.253 e. The van der Waals surface area contributed by atoms with Gasteiger partial charge in [-0.05, 0) is 18.8 Å². The highest BCUT2D eigenvalue weighted by Gasteiger charge is 2.20. The second-order valence-corrected chi connectivity index (χ2v) is 6.77. The van der Waals surface area contributed by atoms with Gasteiger partial charge in [0.15, 0.2) is 0 Å². The van der Waals surface area contributed by atoms with Gasteiger partial charge in [0.2, 0.25) is 0 Å². The van der Waals surface area contributed by atoms with E-state index in [2.05, 4.69) is 0 Å². The van der Waals surface area contributed by atoms with Crippen LogP contribution in [0.25, 0.3) is 0 Å². The zero-order valence-corrected chi connectivity index (χ0v) is 9.57. The number of rotatable bonds is 4. The highest BCUT2D eigenvalue weighted by atomic mass is 32.2. The largest absolute Gasteiger partial charge is 0.253 e. The van der Waals surface area contributed by atoms with E-state index in [-0.39, 0.29) is 5.25 Å². The minimum absolute atomic E-state index is 0.0138. The molecular formula is C9H21NOS. The molecule has 0 saturated heterocycles. The molecule has 0 amide bonds. The normalized spacial score (nSPS) is 19.6. The lowest BCUT2D eigenvalue weighted by Gasteiger charge is -2.20. The molecule has 0 rings (SSSR count). The van der Waals surface area contributed by atoms with Gasteiger partial charge in [-0.25, -0.2) is 4.21 Å². The molecule has 0 radical (unpaired) electrons. The lowest BCUT2D eigenvalue weighted by molar-refractivity contribution is 0.588. The van der Waals surface area contributed by atoms with E-state index in [1.165, 1.54) is 0 Å². The molecule has 0 bridgehead atoms. The maximum atomic E-state index is 11.8. The lowest BCUT2D eigenvalue weighted by Crippen LogP contribution is -2.26. The molecule has 0 aromatic rings. The third kappa shape index (κ3) is 3.57. The molecule has 0 heterocycles. The van der Waals surface area contributed by atoms with Crippen LogP contribution in [0.1, 0.15) is 34.6 Å². The first-order valence-electron chi connectivity index (χ1n) is 4.52. The predicted octanol–water partition coefficient (Wildman–Crippen LogP) is 2.73. The summed E-state index contributed by atoms with van der Waals surface area (Å²) in [6.07, 6.45) is 0. The first-order valence-corrected chi connectivity index (χ1v) is 6.31. The summed E-state index contributed by atoms with van der Waals surface area (Å²) in [7, 11) is -2.36. The molecular weight excluding hydrogens is 170 g/mol. The average Bonchev–Trinajstić information content (AvgIpc) is 1.82. The summed E-state index contributed by atoms with van der Waals surface area (Å²) >= 11 is 0.